The van der Waals surface area contributed by atoms with Gasteiger partial charge in [-0.05, 0) is 56.5 Å². The average Bonchev–Trinajstić information content (AvgIpc) is 2.54. The largest absolute Gasteiger partial charge is 0.493 e. The van der Waals surface area contributed by atoms with Crippen LogP contribution in [-0.2, 0) is 0 Å². The predicted molar refractivity (Wildman–Crippen MR) is 88.8 cm³/mol. The molecule has 0 aliphatic carbocycles. The molecule has 1 N–H and O–H groups in total. The Morgan fingerprint density at radius 1 is 1.19 bits per heavy atom. The maximum absolute atomic E-state index is 5.95. The topological polar surface area (TPSA) is 34.1 Å². The van der Waals surface area contributed by atoms with E-state index in [-0.39, 0.29) is 0 Å². The van der Waals surface area contributed by atoms with Gasteiger partial charge in [-0.3, -0.25) is 4.98 Å². The molecule has 0 saturated heterocycles. The minimum Gasteiger partial charge on any atom is -0.493 e. The van der Waals surface area contributed by atoms with Crippen LogP contribution in [0.2, 0.25) is 0 Å². The van der Waals surface area contributed by atoms with Gasteiger partial charge < -0.3 is 10.1 Å². The summed E-state index contributed by atoms with van der Waals surface area (Å²) in [5.41, 5.74) is 0.992. The molecule has 1 aromatic heterocycles. The van der Waals surface area contributed by atoms with Crippen molar-refractivity contribution < 1.29 is 4.74 Å². The zero-order valence-electron chi connectivity index (χ0n) is 13.1. The number of pyridine rings is 1. The molecule has 0 saturated carbocycles. The van der Waals surface area contributed by atoms with Crippen LogP contribution >= 0.6 is 0 Å². The number of nitrogens with one attached hydrogen (secondary N) is 1. The first-order valence-electron chi connectivity index (χ1n) is 8.05. The summed E-state index contributed by atoms with van der Waals surface area (Å²) in [6, 6.07) is 10.7. The van der Waals surface area contributed by atoms with Crippen molar-refractivity contribution in [3.8, 4) is 5.75 Å². The number of fused-ring (bicyclic) bond motifs is 1. The maximum atomic E-state index is 5.95. The quantitative estimate of drug-likeness (QED) is 0.702. The highest BCUT2D eigenvalue weighted by molar-refractivity contribution is 5.84. The van der Waals surface area contributed by atoms with Crippen LogP contribution in [0.15, 0.2) is 36.5 Å². The van der Waals surface area contributed by atoms with E-state index >= 15 is 0 Å². The first-order valence-corrected chi connectivity index (χ1v) is 8.05. The molecule has 21 heavy (non-hydrogen) atoms. The zero-order valence-corrected chi connectivity index (χ0v) is 13.1. The summed E-state index contributed by atoms with van der Waals surface area (Å²) in [4.78, 5) is 4.36. The smallest absolute Gasteiger partial charge is 0.128 e. The lowest BCUT2D eigenvalue weighted by Crippen LogP contribution is -2.29. The minimum atomic E-state index is 0.614. The highest BCUT2D eigenvalue weighted by atomic mass is 16.5. The van der Waals surface area contributed by atoms with Crippen molar-refractivity contribution in [1.82, 2.24) is 10.3 Å². The molecular formula is C18H26N2O. The van der Waals surface area contributed by atoms with Crippen molar-refractivity contribution >= 4 is 10.9 Å². The molecule has 0 amide bonds. The molecule has 114 valence electrons. The van der Waals surface area contributed by atoms with E-state index in [2.05, 4.69) is 30.2 Å². The minimum absolute atomic E-state index is 0.614. The summed E-state index contributed by atoms with van der Waals surface area (Å²) in [6.07, 6.45) is 6.43. The monoisotopic (exact) mass is 286 g/mol. The Morgan fingerprint density at radius 3 is 2.90 bits per heavy atom. The van der Waals surface area contributed by atoms with Crippen molar-refractivity contribution in [3.63, 3.8) is 0 Å². The number of benzene rings is 1. The van der Waals surface area contributed by atoms with Crippen molar-refractivity contribution in [2.45, 2.75) is 45.6 Å². The first-order chi connectivity index (χ1) is 10.3. The van der Waals surface area contributed by atoms with E-state index in [1.54, 1.807) is 0 Å². The van der Waals surface area contributed by atoms with E-state index in [9.17, 15) is 0 Å². The van der Waals surface area contributed by atoms with Crippen molar-refractivity contribution in [3.05, 3.63) is 36.5 Å². The van der Waals surface area contributed by atoms with E-state index in [1.807, 2.05) is 30.5 Å². The second-order valence-corrected chi connectivity index (χ2v) is 5.38. The molecule has 0 bridgehead atoms. The predicted octanol–water partition coefficient (Wildman–Crippen LogP) is 4.17. The Labute approximate surface area is 127 Å². The zero-order chi connectivity index (χ0) is 14.9. The third-order valence-electron chi connectivity index (χ3n) is 3.74. The Hall–Kier alpha value is -1.61. The summed E-state index contributed by atoms with van der Waals surface area (Å²) in [6.45, 7) is 6.31. The van der Waals surface area contributed by atoms with Crippen LogP contribution in [0, 0.1) is 0 Å². The number of aromatic nitrogens is 1. The SMILES string of the molecule is CCCNC(CC)CCCOc1cccc2ncccc12. The molecule has 1 heterocycles. The molecule has 0 fully saturated rings. The molecule has 3 nitrogen and oxygen atoms in total. The van der Waals surface area contributed by atoms with Crippen LogP contribution < -0.4 is 10.1 Å². The lowest BCUT2D eigenvalue weighted by atomic mass is 10.1. The van der Waals surface area contributed by atoms with Gasteiger partial charge in [0.2, 0.25) is 0 Å². The first kappa shape index (κ1) is 15.8. The van der Waals surface area contributed by atoms with Crippen molar-refractivity contribution in [1.29, 1.82) is 0 Å². The third kappa shape index (κ3) is 4.71. The average molecular weight is 286 g/mol. The lowest BCUT2D eigenvalue weighted by Gasteiger charge is -2.16. The number of nitrogens with zero attached hydrogens (tertiary/aromatic N) is 1. The van der Waals surface area contributed by atoms with Gasteiger partial charge in [-0.1, -0.05) is 19.9 Å². The summed E-state index contributed by atoms with van der Waals surface area (Å²) >= 11 is 0. The Morgan fingerprint density at radius 2 is 2.10 bits per heavy atom. The summed E-state index contributed by atoms with van der Waals surface area (Å²) in [5.74, 6) is 0.940. The summed E-state index contributed by atoms with van der Waals surface area (Å²) in [7, 11) is 0. The van der Waals surface area contributed by atoms with Gasteiger partial charge in [0.25, 0.3) is 0 Å². The van der Waals surface area contributed by atoms with Crippen LogP contribution in [-0.4, -0.2) is 24.2 Å². The van der Waals surface area contributed by atoms with E-state index in [1.165, 1.54) is 19.3 Å². The summed E-state index contributed by atoms with van der Waals surface area (Å²) < 4.78 is 5.95. The van der Waals surface area contributed by atoms with Gasteiger partial charge in [0.15, 0.2) is 0 Å². The van der Waals surface area contributed by atoms with E-state index in [4.69, 9.17) is 4.74 Å². The van der Waals surface area contributed by atoms with E-state index < -0.39 is 0 Å². The standard InChI is InChI=1S/C18H26N2O/c1-3-12-19-15(4-2)8-7-14-21-18-11-5-10-17-16(18)9-6-13-20-17/h5-6,9-11,13,15,19H,3-4,7-8,12,14H2,1-2H3. The van der Waals surface area contributed by atoms with Gasteiger partial charge in [0.05, 0.1) is 12.1 Å². The molecular weight excluding hydrogens is 260 g/mol. The fourth-order valence-corrected chi connectivity index (χ4v) is 2.51. The third-order valence-corrected chi connectivity index (χ3v) is 3.74. The molecule has 0 spiro atoms. The number of hydrogen-bond acceptors (Lipinski definition) is 3. The van der Waals surface area contributed by atoms with Crippen LogP contribution in [0.3, 0.4) is 0 Å². The van der Waals surface area contributed by atoms with Gasteiger partial charge in [0.1, 0.15) is 5.75 Å². The van der Waals surface area contributed by atoms with Crippen molar-refractivity contribution in [2.75, 3.05) is 13.2 Å². The van der Waals surface area contributed by atoms with Crippen molar-refractivity contribution in [2.24, 2.45) is 0 Å². The number of ether oxygens (including phenoxy) is 1. The highest BCUT2D eigenvalue weighted by Crippen LogP contribution is 2.23. The molecule has 1 unspecified atom stereocenters. The normalized spacial score (nSPS) is 12.5. The van der Waals surface area contributed by atoms with Gasteiger partial charge in [-0.15, -0.1) is 0 Å². The molecule has 2 aromatic rings. The molecule has 0 aliphatic rings. The fourth-order valence-electron chi connectivity index (χ4n) is 2.51. The summed E-state index contributed by atoms with van der Waals surface area (Å²) in [5, 5.41) is 4.68. The fraction of sp³-hybridized carbons (Fsp3) is 0.500. The van der Waals surface area contributed by atoms with Gasteiger partial charge in [0, 0.05) is 17.6 Å². The Bertz CT molecular complexity index is 536. The molecule has 0 radical (unpaired) electrons. The van der Waals surface area contributed by atoms with Crippen LogP contribution in [0.1, 0.15) is 39.5 Å². The van der Waals surface area contributed by atoms with Crippen LogP contribution in [0.25, 0.3) is 10.9 Å². The second kappa shape index (κ2) is 8.63. The Balaban J connectivity index is 1.82. The molecule has 1 aromatic carbocycles. The maximum Gasteiger partial charge on any atom is 0.128 e. The second-order valence-electron chi connectivity index (χ2n) is 5.38. The van der Waals surface area contributed by atoms with Crippen LogP contribution in [0.4, 0.5) is 0 Å². The molecule has 0 aliphatic heterocycles. The van der Waals surface area contributed by atoms with Gasteiger partial charge in [-0.25, -0.2) is 0 Å². The van der Waals surface area contributed by atoms with Gasteiger partial charge in [-0.2, -0.15) is 0 Å². The number of rotatable bonds is 9. The molecule has 3 heteroatoms. The molecule has 1 atom stereocenters. The van der Waals surface area contributed by atoms with Gasteiger partial charge >= 0.3 is 0 Å². The van der Waals surface area contributed by atoms with E-state index in [0.29, 0.717) is 6.04 Å². The van der Waals surface area contributed by atoms with Crippen LogP contribution in [0.5, 0.6) is 5.75 Å². The van der Waals surface area contributed by atoms with E-state index in [0.717, 1.165) is 36.2 Å². The molecule has 2 rings (SSSR count). The highest BCUT2D eigenvalue weighted by Gasteiger charge is 2.05. The lowest BCUT2D eigenvalue weighted by molar-refractivity contribution is 0.297. The number of hydrogen-bond donors (Lipinski definition) is 1. The Kier molecular flexibility index (Phi) is 6.48.